The predicted octanol–water partition coefficient (Wildman–Crippen LogP) is 3.65. The first-order valence-electron chi connectivity index (χ1n) is 6.18. The molecule has 17 heavy (non-hydrogen) atoms. The van der Waals surface area contributed by atoms with Crippen LogP contribution in [0.3, 0.4) is 0 Å². The van der Waals surface area contributed by atoms with Crippen LogP contribution in [0.1, 0.15) is 31.9 Å². The van der Waals surface area contributed by atoms with Gasteiger partial charge < -0.3 is 10.5 Å². The van der Waals surface area contributed by atoms with Crippen LogP contribution in [0.25, 0.3) is 10.8 Å². The van der Waals surface area contributed by atoms with Crippen molar-refractivity contribution in [2.24, 2.45) is 5.73 Å². The van der Waals surface area contributed by atoms with Gasteiger partial charge in [-0.2, -0.15) is 0 Å². The van der Waals surface area contributed by atoms with E-state index in [2.05, 4.69) is 25.1 Å². The minimum Gasteiger partial charge on any atom is -0.494 e. The molecule has 2 N–H and O–H groups in total. The van der Waals surface area contributed by atoms with E-state index in [1.807, 2.05) is 25.1 Å². The first-order chi connectivity index (χ1) is 8.27. The molecule has 2 aromatic rings. The summed E-state index contributed by atoms with van der Waals surface area (Å²) in [6.45, 7) is 4.76. The summed E-state index contributed by atoms with van der Waals surface area (Å²) < 4.78 is 5.69. The third-order valence-corrected chi connectivity index (χ3v) is 3.04. The summed E-state index contributed by atoms with van der Waals surface area (Å²) >= 11 is 0. The Hall–Kier alpha value is -1.54. The van der Waals surface area contributed by atoms with Crippen molar-refractivity contribution in [3.05, 3.63) is 42.0 Å². The highest BCUT2D eigenvalue weighted by Gasteiger charge is 2.14. The molecular weight excluding hydrogens is 210 g/mol. The van der Waals surface area contributed by atoms with E-state index in [1.165, 1.54) is 10.8 Å². The van der Waals surface area contributed by atoms with Crippen LogP contribution in [0.4, 0.5) is 0 Å². The number of rotatable bonds is 4. The Morgan fingerprint density at radius 1 is 1.12 bits per heavy atom. The van der Waals surface area contributed by atoms with E-state index < -0.39 is 0 Å². The summed E-state index contributed by atoms with van der Waals surface area (Å²) in [5, 5.41) is 2.42. The van der Waals surface area contributed by atoms with Gasteiger partial charge in [-0.1, -0.05) is 37.3 Å². The summed E-state index contributed by atoms with van der Waals surface area (Å²) in [5.74, 6) is 0.917. The number of fused-ring (bicyclic) bond motifs is 1. The van der Waals surface area contributed by atoms with Crippen LogP contribution >= 0.6 is 0 Å². The minimum absolute atomic E-state index is 0.0302. The van der Waals surface area contributed by atoms with Gasteiger partial charge in [0.1, 0.15) is 5.75 Å². The highest BCUT2D eigenvalue weighted by molar-refractivity contribution is 5.88. The third kappa shape index (κ3) is 2.27. The van der Waals surface area contributed by atoms with Gasteiger partial charge in [-0.3, -0.25) is 0 Å². The van der Waals surface area contributed by atoms with Crippen molar-refractivity contribution >= 4 is 10.8 Å². The summed E-state index contributed by atoms with van der Waals surface area (Å²) in [6, 6.07) is 12.5. The SMILES string of the molecule is CCOc1ccc2ccccc2c1C(N)CC. The van der Waals surface area contributed by atoms with Gasteiger partial charge in [-0.25, -0.2) is 0 Å². The summed E-state index contributed by atoms with van der Waals surface area (Å²) in [6.07, 6.45) is 0.911. The molecule has 0 aliphatic carbocycles. The summed E-state index contributed by atoms with van der Waals surface area (Å²) in [7, 11) is 0. The lowest BCUT2D eigenvalue weighted by Gasteiger charge is -2.17. The van der Waals surface area contributed by atoms with Crippen LogP contribution in [0.2, 0.25) is 0 Å². The van der Waals surface area contributed by atoms with Crippen molar-refractivity contribution in [3.63, 3.8) is 0 Å². The van der Waals surface area contributed by atoms with Crippen LogP contribution in [-0.2, 0) is 0 Å². The molecule has 0 amide bonds. The van der Waals surface area contributed by atoms with Gasteiger partial charge in [0.05, 0.1) is 6.61 Å². The Labute approximate surface area is 102 Å². The number of hydrogen-bond donors (Lipinski definition) is 1. The van der Waals surface area contributed by atoms with Crippen LogP contribution in [0.5, 0.6) is 5.75 Å². The molecule has 0 aromatic heterocycles. The molecule has 2 nitrogen and oxygen atoms in total. The number of benzene rings is 2. The Morgan fingerprint density at radius 3 is 2.59 bits per heavy atom. The lowest BCUT2D eigenvalue weighted by molar-refractivity contribution is 0.334. The molecule has 1 unspecified atom stereocenters. The molecule has 1 atom stereocenters. The van der Waals surface area contributed by atoms with E-state index >= 15 is 0 Å². The van der Waals surface area contributed by atoms with E-state index in [1.54, 1.807) is 0 Å². The fourth-order valence-corrected chi connectivity index (χ4v) is 2.14. The first kappa shape index (κ1) is 11.9. The van der Waals surface area contributed by atoms with Gasteiger partial charge in [-0.15, -0.1) is 0 Å². The zero-order valence-corrected chi connectivity index (χ0v) is 10.4. The van der Waals surface area contributed by atoms with Gasteiger partial charge in [-0.05, 0) is 30.2 Å². The third-order valence-electron chi connectivity index (χ3n) is 3.04. The molecule has 0 saturated carbocycles. The second kappa shape index (κ2) is 5.19. The van der Waals surface area contributed by atoms with Gasteiger partial charge >= 0.3 is 0 Å². The maximum Gasteiger partial charge on any atom is 0.124 e. The molecule has 0 radical (unpaired) electrons. The molecule has 0 aliphatic heterocycles. The second-order valence-corrected chi connectivity index (χ2v) is 4.15. The lowest BCUT2D eigenvalue weighted by atomic mass is 9.96. The molecule has 90 valence electrons. The number of ether oxygens (including phenoxy) is 1. The normalized spacial score (nSPS) is 12.6. The molecule has 0 heterocycles. The van der Waals surface area contributed by atoms with E-state index in [-0.39, 0.29) is 6.04 Å². The zero-order valence-electron chi connectivity index (χ0n) is 10.4. The Bertz CT molecular complexity index is 507. The Balaban J connectivity index is 2.65. The highest BCUT2D eigenvalue weighted by Crippen LogP contribution is 2.33. The minimum atomic E-state index is 0.0302. The Kier molecular flexibility index (Phi) is 3.64. The molecule has 2 aromatic carbocycles. The quantitative estimate of drug-likeness (QED) is 0.868. The summed E-state index contributed by atoms with van der Waals surface area (Å²) in [5.41, 5.74) is 7.34. The molecule has 2 rings (SSSR count). The average molecular weight is 229 g/mol. The van der Waals surface area contributed by atoms with Crippen molar-refractivity contribution in [1.82, 2.24) is 0 Å². The van der Waals surface area contributed by atoms with Crippen molar-refractivity contribution in [2.75, 3.05) is 6.61 Å². The van der Waals surface area contributed by atoms with Gasteiger partial charge in [0.15, 0.2) is 0 Å². The molecular formula is C15H19NO. The molecule has 0 spiro atoms. The van der Waals surface area contributed by atoms with Crippen molar-refractivity contribution < 1.29 is 4.74 Å². The predicted molar refractivity (Wildman–Crippen MR) is 72.3 cm³/mol. The maximum atomic E-state index is 6.21. The van der Waals surface area contributed by atoms with Crippen LogP contribution in [0, 0.1) is 0 Å². The van der Waals surface area contributed by atoms with Gasteiger partial charge in [0, 0.05) is 11.6 Å². The first-order valence-corrected chi connectivity index (χ1v) is 6.18. The lowest BCUT2D eigenvalue weighted by Crippen LogP contribution is -2.11. The van der Waals surface area contributed by atoms with E-state index in [0.717, 1.165) is 17.7 Å². The van der Waals surface area contributed by atoms with E-state index in [9.17, 15) is 0 Å². The number of hydrogen-bond acceptors (Lipinski definition) is 2. The molecule has 2 heteroatoms. The number of nitrogens with two attached hydrogens (primary N) is 1. The van der Waals surface area contributed by atoms with Crippen LogP contribution in [-0.4, -0.2) is 6.61 Å². The maximum absolute atomic E-state index is 6.21. The van der Waals surface area contributed by atoms with Gasteiger partial charge in [0.25, 0.3) is 0 Å². The zero-order chi connectivity index (χ0) is 12.3. The fraction of sp³-hybridized carbons (Fsp3) is 0.333. The summed E-state index contributed by atoms with van der Waals surface area (Å²) in [4.78, 5) is 0. The second-order valence-electron chi connectivity index (χ2n) is 4.15. The highest BCUT2D eigenvalue weighted by atomic mass is 16.5. The average Bonchev–Trinajstić information content (AvgIpc) is 2.38. The molecule has 0 bridgehead atoms. The molecule has 0 aliphatic rings. The fourth-order valence-electron chi connectivity index (χ4n) is 2.14. The molecule has 0 saturated heterocycles. The topological polar surface area (TPSA) is 35.2 Å². The smallest absolute Gasteiger partial charge is 0.124 e. The van der Waals surface area contributed by atoms with E-state index in [4.69, 9.17) is 10.5 Å². The van der Waals surface area contributed by atoms with Crippen molar-refractivity contribution in [2.45, 2.75) is 26.3 Å². The largest absolute Gasteiger partial charge is 0.494 e. The van der Waals surface area contributed by atoms with Gasteiger partial charge in [0.2, 0.25) is 0 Å². The monoisotopic (exact) mass is 229 g/mol. The molecule has 0 fully saturated rings. The standard InChI is InChI=1S/C15H19NO/c1-3-13(16)15-12-8-6-5-7-11(12)9-10-14(15)17-4-2/h5-10,13H,3-4,16H2,1-2H3. The Morgan fingerprint density at radius 2 is 1.88 bits per heavy atom. The van der Waals surface area contributed by atoms with Crippen molar-refractivity contribution in [3.8, 4) is 5.75 Å². The van der Waals surface area contributed by atoms with Crippen LogP contribution < -0.4 is 10.5 Å². The van der Waals surface area contributed by atoms with Crippen molar-refractivity contribution in [1.29, 1.82) is 0 Å². The van der Waals surface area contributed by atoms with Crippen LogP contribution in [0.15, 0.2) is 36.4 Å². The van der Waals surface area contributed by atoms with E-state index in [0.29, 0.717) is 6.61 Å².